The lowest BCUT2D eigenvalue weighted by Crippen LogP contribution is -2.50. The number of hydrogen-bond acceptors (Lipinski definition) is 7. The third kappa shape index (κ3) is 4.43. The summed E-state index contributed by atoms with van der Waals surface area (Å²) in [4.78, 5) is 29.6. The van der Waals surface area contributed by atoms with E-state index in [1.807, 2.05) is 6.92 Å². The molecule has 35 heavy (non-hydrogen) atoms. The molecule has 1 amide bonds. The van der Waals surface area contributed by atoms with Gasteiger partial charge in [-0.1, -0.05) is 11.6 Å². The molecule has 3 aromatic heterocycles. The van der Waals surface area contributed by atoms with Crippen molar-refractivity contribution in [3.8, 4) is 11.3 Å². The Labute approximate surface area is 205 Å². The second kappa shape index (κ2) is 8.87. The zero-order valence-corrected chi connectivity index (χ0v) is 20.1. The highest BCUT2D eigenvalue weighted by Crippen LogP contribution is 2.22. The Bertz CT molecular complexity index is 1530. The molecule has 0 saturated carbocycles. The van der Waals surface area contributed by atoms with Gasteiger partial charge in [0.1, 0.15) is 0 Å². The fraction of sp³-hybridized carbons (Fsp3) is 0.227. The quantitative estimate of drug-likeness (QED) is 0.324. The summed E-state index contributed by atoms with van der Waals surface area (Å²) in [5, 5.41) is 12.3. The summed E-state index contributed by atoms with van der Waals surface area (Å²) in [7, 11) is -3.87. The average Bonchev–Trinajstić information content (AvgIpc) is 3.29. The van der Waals surface area contributed by atoms with Gasteiger partial charge in [-0.3, -0.25) is 4.79 Å². The van der Waals surface area contributed by atoms with Gasteiger partial charge in [0, 0.05) is 55.7 Å². The number of carbonyl (C=O) groups excluding carboxylic acids is 1. The zero-order chi connectivity index (χ0) is 24.7. The van der Waals surface area contributed by atoms with Crippen LogP contribution in [-0.2, 0) is 10.0 Å². The van der Waals surface area contributed by atoms with Crippen LogP contribution in [0.1, 0.15) is 16.2 Å². The van der Waals surface area contributed by atoms with Gasteiger partial charge in [0.25, 0.3) is 15.9 Å². The summed E-state index contributed by atoms with van der Waals surface area (Å²) in [6, 6.07) is 8.30. The Kier molecular flexibility index (Phi) is 5.87. The molecule has 4 heterocycles. The molecule has 0 radical (unpaired) electrons. The number of aromatic amines is 1. The smallest absolute Gasteiger partial charge is 0.291 e. The molecule has 0 atom stereocenters. The molecule has 4 aromatic rings. The van der Waals surface area contributed by atoms with Crippen LogP contribution < -0.4 is 4.73 Å². The number of pyridine rings is 1. The van der Waals surface area contributed by atoms with Gasteiger partial charge in [0.05, 0.1) is 16.6 Å². The number of hydrogen-bond donors (Lipinski definition) is 1. The van der Waals surface area contributed by atoms with Crippen molar-refractivity contribution in [2.24, 2.45) is 0 Å². The molecule has 11 nitrogen and oxygen atoms in total. The van der Waals surface area contributed by atoms with Crippen molar-refractivity contribution >= 4 is 38.6 Å². The molecule has 1 fully saturated rings. The number of aromatic nitrogens is 5. The maximum atomic E-state index is 13.1. The van der Waals surface area contributed by atoms with E-state index in [1.165, 1.54) is 27.8 Å². The minimum Gasteiger partial charge on any atom is -0.618 e. The maximum absolute atomic E-state index is 13.1. The molecular formula is C22H20ClN7O4S. The maximum Gasteiger partial charge on any atom is 0.291 e. The number of halogens is 1. The molecule has 13 heteroatoms. The molecule has 1 saturated heterocycles. The first-order valence-electron chi connectivity index (χ1n) is 10.7. The van der Waals surface area contributed by atoms with Crippen LogP contribution in [0.2, 0.25) is 5.02 Å². The lowest BCUT2D eigenvalue weighted by Gasteiger charge is -2.33. The van der Waals surface area contributed by atoms with E-state index in [-0.39, 0.29) is 37.2 Å². The number of H-pyrrole nitrogens is 1. The van der Waals surface area contributed by atoms with E-state index in [0.717, 1.165) is 5.56 Å². The highest BCUT2D eigenvalue weighted by molar-refractivity contribution is 7.89. The number of aryl methyl sites for hydroxylation is 1. The highest BCUT2D eigenvalue weighted by Gasteiger charge is 2.33. The van der Waals surface area contributed by atoms with Crippen LogP contribution in [-0.4, -0.2) is 69.6 Å². The van der Waals surface area contributed by atoms with E-state index in [4.69, 9.17) is 11.6 Å². The van der Waals surface area contributed by atoms with Crippen molar-refractivity contribution in [2.45, 2.75) is 12.1 Å². The van der Waals surface area contributed by atoms with E-state index in [9.17, 15) is 18.4 Å². The lowest BCUT2D eigenvalue weighted by molar-refractivity contribution is -0.593. The number of benzene rings is 1. The van der Waals surface area contributed by atoms with Crippen LogP contribution in [0.15, 0.2) is 54.1 Å². The summed E-state index contributed by atoms with van der Waals surface area (Å²) in [5.41, 5.74) is 2.81. The molecular weight excluding hydrogens is 494 g/mol. The SMILES string of the molecule is Cc1cc[n+]([O-])c(-c2cnc(C(=O)N3CCN(S(=O)(=O)c4nc5ccc(Cl)cc5[nH]4)CC3)nc2)c1. The van der Waals surface area contributed by atoms with Crippen LogP contribution in [0.4, 0.5) is 0 Å². The monoisotopic (exact) mass is 513 g/mol. The first kappa shape index (κ1) is 23.1. The third-order valence-corrected chi connectivity index (χ3v) is 7.71. The number of carbonyl (C=O) groups is 1. The standard InChI is InChI=1S/C22H20ClN7O4S/c1-14-4-5-30(32)19(10-14)15-12-24-20(25-13-15)21(31)28-6-8-29(9-7-28)35(33,34)22-26-17-3-2-16(23)11-18(17)27-22/h2-5,10-13H,6-9H2,1H3,(H,26,27). The molecule has 0 unspecified atom stereocenters. The Morgan fingerprint density at radius 3 is 2.54 bits per heavy atom. The minimum atomic E-state index is -3.87. The topological polar surface area (TPSA) is 139 Å². The number of fused-ring (bicyclic) bond motifs is 1. The number of nitrogens with zero attached hydrogens (tertiary/aromatic N) is 6. The number of piperazine rings is 1. The number of sulfonamides is 1. The van der Waals surface area contributed by atoms with E-state index in [0.29, 0.717) is 32.0 Å². The molecule has 5 rings (SSSR count). The van der Waals surface area contributed by atoms with Gasteiger partial charge in [-0.15, -0.1) is 0 Å². The van der Waals surface area contributed by atoms with Gasteiger partial charge in [0.2, 0.25) is 16.7 Å². The molecule has 1 aliphatic heterocycles. The van der Waals surface area contributed by atoms with Crippen molar-refractivity contribution in [1.29, 1.82) is 0 Å². The fourth-order valence-corrected chi connectivity index (χ4v) is 5.36. The van der Waals surface area contributed by atoms with Gasteiger partial charge in [-0.2, -0.15) is 9.04 Å². The number of rotatable bonds is 4. The van der Waals surface area contributed by atoms with E-state index in [2.05, 4.69) is 19.9 Å². The third-order valence-electron chi connectivity index (χ3n) is 5.75. The van der Waals surface area contributed by atoms with Crippen LogP contribution in [0.5, 0.6) is 0 Å². The van der Waals surface area contributed by atoms with Crippen LogP contribution in [0.25, 0.3) is 22.3 Å². The average molecular weight is 514 g/mol. The predicted molar refractivity (Wildman–Crippen MR) is 127 cm³/mol. The molecule has 0 spiro atoms. The molecule has 1 N–H and O–H groups in total. The van der Waals surface area contributed by atoms with Crippen molar-refractivity contribution in [3.63, 3.8) is 0 Å². The van der Waals surface area contributed by atoms with Gasteiger partial charge in [-0.25, -0.2) is 23.4 Å². The summed E-state index contributed by atoms with van der Waals surface area (Å²) in [5.74, 6) is -0.435. The first-order chi connectivity index (χ1) is 16.7. The minimum absolute atomic E-state index is 0.0238. The summed E-state index contributed by atoms with van der Waals surface area (Å²) in [6.45, 7) is 2.42. The van der Waals surface area contributed by atoms with Crippen molar-refractivity contribution < 1.29 is 17.9 Å². The van der Waals surface area contributed by atoms with Crippen molar-refractivity contribution in [2.75, 3.05) is 26.2 Å². The Balaban J connectivity index is 1.27. The summed E-state index contributed by atoms with van der Waals surface area (Å²) < 4.78 is 28.1. The highest BCUT2D eigenvalue weighted by atomic mass is 35.5. The normalized spacial score (nSPS) is 15.0. The van der Waals surface area contributed by atoms with Gasteiger partial charge < -0.3 is 15.1 Å². The molecule has 180 valence electrons. The number of imidazole rings is 1. The van der Waals surface area contributed by atoms with Crippen molar-refractivity contribution in [1.82, 2.24) is 29.1 Å². The zero-order valence-electron chi connectivity index (χ0n) is 18.5. The Hall–Kier alpha value is -3.61. The first-order valence-corrected chi connectivity index (χ1v) is 12.5. The Morgan fingerprint density at radius 2 is 1.83 bits per heavy atom. The lowest BCUT2D eigenvalue weighted by atomic mass is 10.2. The van der Waals surface area contributed by atoms with Gasteiger partial charge in [0.15, 0.2) is 6.20 Å². The second-order valence-electron chi connectivity index (χ2n) is 8.11. The summed E-state index contributed by atoms with van der Waals surface area (Å²) >= 11 is 5.97. The number of amides is 1. The molecule has 0 aliphatic carbocycles. The molecule has 1 aromatic carbocycles. The van der Waals surface area contributed by atoms with E-state index < -0.39 is 15.9 Å². The second-order valence-corrected chi connectivity index (χ2v) is 10.4. The number of nitrogens with one attached hydrogen (secondary N) is 1. The van der Waals surface area contributed by atoms with Crippen LogP contribution >= 0.6 is 11.6 Å². The van der Waals surface area contributed by atoms with Gasteiger partial charge in [-0.05, 0) is 30.7 Å². The van der Waals surface area contributed by atoms with Gasteiger partial charge >= 0.3 is 0 Å². The Morgan fingerprint density at radius 1 is 1.11 bits per heavy atom. The fourth-order valence-electron chi connectivity index (χ4n) is 3.85. The van der Waals surface area contributed by atoms with Crippen molar-refractivity contribution in [3.05, 3.63) is 70.5 Å². The predicted octanol–water partition coefficient (Wildman–Crippen LogP) is 1.76. The molecule has 0 bridgehead atoms. The van der Waals surface area contributed by atoms with E-state index >= 15 is 0 Å². The van der Waals surface area contributed by atoms with E-state index in [1.54, 1.807) is 30.3 Å². The largest absolute Gasteiger partial charge is 0.618 e. The van der Waals surface area contributed by atoms with Crippen LogP contribution in [0.3, 0.4) is 0 Å². The van der Waals surface area contributed by atoms with Crippen LogP contribution in [0, 0.1) is 12.1 Å². The molecule has 1 aliphatic rings. The summed E-state index contributed by atoms with van der Waals surface area (Å²) in [6.07, 6.45) is 4.26.